The summed E-state index contributed by atoms with van der Waals surface area (Å²) in [4.78, 5) is 5.53. The zero-order valence-corrected chi connectivity index (χ0v) is 13.1. The highest BCUT2D eigenvalue weighted by molar-refractivity contribution is 7.91. The van der Waals surface area contributed by atoms with Gasteiger partial charge in [-0.3, -0.25) is 0 Å². The third-order valence-corrected chi connectivity index (χ3v) is 6.50. The summed E-state index contributed by atoms with van der Waals surface area (Å²) in [6, 6.07) is 10.7. The lowest BCUT2D eigenvalue weighted by Crippen LogP contribution is -2.02. The predicted octanol–water partition coefficient (Wildman–Crippen LogP) is 4.01. The molecule has 0 amide bonds. The zero-order valence-electron chi connectivity index (χ0n) is 10.6. The van der Waals surface area contributed by atoms with Crippen molar-refractivity contribution in [2.24, 2.45) is 0 Å². The van der Waals surface area contributed by atoms with Crippen LogP contribution in [0, 0.1) is 6.92 Å². The summed E-state index contributed by atoms with van der Waals surface area (Å²) in [5.74, 6) is 0. The van der Waals surface area contributed by atoms with Gasteiger partial charge in [-0.2, -0.15) is 0 Å². The molecule has 3 aromatic rings. The molecule has 3 rings (SSSR count). The van der Waals surface area contributed by atoms with E-state index in [4.69, 9.17) is 0 Å². The van der Waals surface area contributed by atoms with Gasteiger partial charge in [-0.15, -0.1) is 22.7 Å². The van der Waals surface area contributed by atoms with Gasteiger partial charge < -0.3 is 0 Å². The standard InChI is InChI=1S/C14H11NO2S3/c1-10-4-6-11(7-5-10)20(16,17)13-9-19-14(15-13)12-3-2-8-18-12/h2-9H,1H3. The maximum atomic E-state index is 12.5. The van der Waals surface area contributed by atoms with Crippen LogP contribution >= 0.6 is 22.7 Å². The Morgan fingerprint density at radius 2 is 1.80 bits per heavy atom. The molecule has 6 heteroatoms. The molecular formula is C14H11NO2S3. The van der Waals surface area contributed by atoms with Crippen LogP contribution in [0.2, 0.25) is 0 Å². The van der Waals surface area contributed by atoms with Crippen molar-refractivity contribution in [2.45, 2.75) is 16.8 Å². The molecule has 0 fully saturated rings. The van der Waals surface area contributed by atoms with E-state index in [1.54, 1.807) is 41.0 Å². The molecule has 0 unspecified atom stereocenters. The quantitative estimate of drug-likeness (QED) is 0.732. The number of benzene rings is 1. The van der Waals surface area contributed by atoms with Crippen LogP contribution in [-0.2, 0) is 9.84 Å². The molecule has 0 atom stereocenters. The molecule has 0 spiro atoms. The van der Waals surface area contributed by atoms with Crippen molar-refractivity contribution < 1.29 is 8.42 Å². The predicted molar refractivity (Wildman–Crippen MR) is 82.1 cm³/mol. The lowest BCUT2D eigenvalue weighted by molar-refractivity contribution is 0.593. The topological polar surface area (TPSA) is 47.0 Å². The second-order valence-electron chi connectivity index (χ2n) is 4.28. The van der Waals surface area contributed by atoms with E-state index in [1.807, 2.05) is 24.4 Å². The van der Waals surface area contributed by atoms with Gasteiger partial charge in [0.05, 0.1) is 9.77 Å². The SMILES string of the molecule is Cc1ccc(S(=O)(=O)c2csc(-c3cccs3)n2)cc1. The highest BCUT2D eigenvalue weighted by atomic mass is 32.2. The number of aromatic nitrogens is 1. The fraction of sp³-hybridized carbons (Fsp3) is 0.0714. The molecule has 2 aromatic heterocycles. The van der Waals surface area contributed by atoms with Gasteiger partial charge in [-0.05, 0) is 30.5 Å². The van der Waals surface area contributed by atoms with Crippen molar-refractivity contribution >= 4 is 32.5 Å². The summed E-state index contributed by atoms with van der Waals surface area (Å²) < 4.78 is 25.0. The van der Waals surface area contributed by atoms with E-state index < -0.39 is 9.84 Å². The first-order chi connectivity index (χ1) is 9.57. The highest BCUT2D eigenvalue weighted by Gasteiger charge is 2.21. The minimum atomic E-state index is -3.52. The Morgan fingerprint density at radius 1 is 1.05 bits per heavy atom. The number of hydrogen-bond donors (Lipinski definition) is 0. The summed E-state index contributed by atoms with van der Waals surface area (Å²) in [6.07, 6.45) is 0. The first-order valence-corrected chi connectivity index (χ1v) is 9.13. The molecule has 0 N–H and O–H groups in total. The average molecular weight is 321 g/mol. The number of hydrogen-bond acceptors (Lipinski definition) is 5. The Labute approximate surface area is 125 Å². The van der Waals surface area contributed by atoms with Gasteiger partial charge in [-0.1, -0.05) is 23.8 Å². The van der Waals surface area contributed by atoms with Crippen LogP contribution in [0.4, 0.5) is 0 Å². The number of aryl methyl sites for hydroxylation is 1. The lowest BCUT2D eigenvalue weighted by Gasteiger charge is -2.01. The van der Waals surface area contributed by atoms with Gasteiger partial charge in [0.1, 0.15) is 5.01 Å². The summed E-state index contributed by atoms with van der Waals surface area (Å²) in [6.45, 7) is 1.92. The van der Waals surface area contributed by atoms with Crippen molar-refractivity contribution in [3.8, 4) is 9.88 Å². The van der Waals surface area contributed by atoms with Crippen molar-refractivity contribution in [1.29, 1.82) is 0 Å². The van der Waals surface area contributed by atoms with Gasteiger partial charge in [0.15, 0.2) is 5.03 Å². The Bertz CT molecular complexity index is 816. The minimum absolute atomic E-state index is 0.120. The molecule has 20 heavy (non-hydrogen) atoms. The van der Waals surface area contributed by atoms with Gasteiger partial charge in [0.2, 0.25) is 9.84 Å². The average Bonchev–Trinajstić information content (AvgIpc) is 3.10. The Hall–Kier alpha value is -1.50. The van der Waals surface area contributed by atoms with Gasteiger partial charge >= 0.3 is 0 Å². The van der Waals surface area contributed by atoms with Crippen LogP contribution in [0.3, 0.4) is 0 Å². The van der Waals surface area contributed by atoms with E-state index in [-0.39, 0.29) is 9.92 Å². The van der Waals surface area contributed by atoms with E-state index in [0.29, 0.717) is 0 Å². The van der Waals surface area contributed by atoms with Crippen LogP contribution in [-0.4, -0.2) is 13.4 Å². The van der Waals surface area contributed by atoms with Gasteiger partial charge in [0.25, 0.3) is 0 Å². The molecule has 0 saturated heterocycles. The summed E-state index contributed by atoms with van der Waals surface area (Å²) in [5, 5.41) is 4.41. The van der Waals surface area contributed by atoms with E-state index in [1.165, 1.54) is 11.3 Å². The summed E-state index contributed by atoms with van der Waals surface area (Å²) in [7, 11) is -3.52. The zero-order chi connectivity index (χ0) is 14.2. The van der Waals surface area contributed by atoms with Crippen LogP contribution in [0.1, 0.15) is 5.56 Å². The smallest absolute Gasteiger partial charge is 0.223 e. The number of thiazole rings is 1. The molecular weight excluding hydrogens is 310 g/mol. The van der Waals surface area contributed by atoms with Gasteiger partial charge in [0, 0.05) is 5.38 Å². The van der Waals surface area contributed by atoms with E-state index in [0.717, 1.165) is 15.4 Å². The number of thiophene rings is 1. The van der Waals surface area contributed by atoms with Crippen LogP contribution in [0.15, 0.2) is 57.1 Å². The maximum Gasteiger partial charge on any atom is 0.224 e. The maximum absolute atomic E-state index is 12.5. The molecule has 0 aliphatic carbocycles. The first-order valence-electron chi connectivity index (χ1n) is 5.88. The molecule has 0 aliphatic heterocycles. The first kappa shape index (κ1) is 13.5. The molecule has 102 valence electrons. The Balaban J connectivity index is 2.02. The number of nitrogens with zero attached hydrogens (tertiary/aromatic N) is 1. The monoisotopic (exact) mass is 321 g/mol. The van der Waals surface area contributed by atoms with E-state index in [9.17, 15) is 8.42 Å². The number of sulfone groups is 1. The summed E-state index contributed by atoms with van der Waals surface area (Å²) >= 11 is 2.90. The third kappa shape index (κ3) is 2.42. The molecule has 0 aliphatic rings. The van der Waals surface area contributed by atoms with E-state index in [2.05, 4.69) is 4.98 Å². The normalized spacial score (nSPS) is 11.7. The lowest BCUT2D eigenvalue weighted by atomic mass is 10.2. The Morgan fingerprint density at radius 3 is 2.45 bits per heavy atom. The highest BCUT2D eigenvalue weighted by Crippen LogP contribution is 2.31. The minimum Gasteiger partial charge on any atom is -0.223 e. The van der Waals surface area contributed by atoms with E-state index >= 15 is 0 Å². The number of rotatable bonds is 3. The van der Waals surface area contributed by atoms with Crippen molar-refractivity contribution in [1.82, 2.24) is 4.98 Å². The second kappa shape index (κ2) is 5.12. The molecule has 0 radical (unpaired) electrons. The fourth-order valence-electron chi connectivity index (χ4n) is 1.73. The Kier molecular flexibility index (Phi) is 3.45. The molecule has 2 heterocycles. The van der Waals surface area contributed by atoms with Crippen LogP contribution in [0.25, 0.3) is 9.88 Å². The van der Waals surface area contributed by atoms with Crippen LogP contribution in [0.5, 0.6) is 0 Å². The molecule has 3 nitrogen and oxygen atoms in total. The van der Waals surface area contributed by atoms with Crippen molar-refractivity contribution in [3.05, 3.63) is 52.7 Å². The molecule has 0 bridgehead atoms. The van der Waals surface area contributed by atoms with Crippen molar-refractivity contribution in [2.75, 3.05) is 0 Å². The fourth-order valence-corrected chi connectivity index (χ4v) is 4.89. The second-order valence-corrected chi connectivity index (χ2v) is 7.99. The van der Waals surface area contributed by atoms with Crippen LogP contribution < -0.4 is 0 Å². The molecule has 0 saturated carbocycles. The third-order valence-electron chi connectivity index (χ3n) is 2.82. The molecule has 1 aromatic carbocycles. The largest absolute Gasteiger partial charge is 0.224 e. The summed E-state index contributed by atoms with van der Waals surface area (Å²) in [5.41, 5.74) is 1.03. The van der Waals surface area contributed by atoms with Gasteiger partial charge in [-0.25, -0.2) is 13.4 Å². The van der Waals surface area contributed by atoms with Crippen molar-refractivity contribution in [3.63, 3.8) is 0 Å².